The van der Waals surface area contributed by atoms with Gasteiger partial charge in [-0.1, -0.05) is 12.1 Å². The Balaban J connectivity index is 2.59. The Hall–Kier alpha value is -1.60. The van der Waals surface area contributed by atoms with E-state index in [4.69, 9.17) is 9.84 Å². The summed E-state index contributed by atoms with van der Waals surface area (Å²) in [5.74, 6) is -0.604. The first-order valence-electron chi connectivity index (χ1n) is 5.82. The summed E-state index contributed by atoms with van der Waals surface area (Å²) >= 11 is 0. The number of rotatable bonds is 8. The molecule has 0 spiro atoms. The van der Waals surface area contributed by atoms with E-state index in [-0.39, 0.29) is 23.6 Å². The van der Waals surface area contributed by atoms with Crippen LogP contribution in [0.15, 0.2) is 29.2 Å². The lowest BCUT2D eigenvalue weighted by atomic mass is 10.2. The summed E-state index contributed by atoms with van der Waals surface area (Å²) in [7, 11) is -2.22. The van der Waals surface area contributed by atoms with Gasteiger partial charge in [0.1, 0.15) is 10.6 Å². The van der Waals surface area contributed by atoms with Crippen LogP contribution in [-0.2, 0) is 14.8 Å². The number of carbonyl (C=O) groups is 1. The summed E-state index contributed by atoms with van der Waals surface area (Å²) in [6.07, 6.45) is 0.945. The number of unbranched alkanes of at least 4 members (excludes halogenated alkanes) is 1. The van der Waals surface area contributed by atoms with Crippen molar-refractivity contribution in [3.05, 3.63) is 24.3 Å². The molecule has 0 unspecified atom stereocenters. The molecule has 2 N–H and O–H groups in total. The van der Waals surface area contributed by atoms with Gasteiger partial charge in [0.2, 0.25) is 10.0 Å². The molecule has 0 aromatic heterocycles. The van der Waals surface area contributed by atoms with Gasteiger partial charge < -0.3 is 9.84 Å². The fraction of sp³-hybridized carbons (Fsp3) is 0.417. The second-order valence-corrected chi connectivity index (χ2v) is 5.63. The normalized spacial score (nSPS) is 11.2. The van der Waals surface area contributed by atoms with E-state index in [1.165, 1.54) is 13.2 Å². The number of benzene rings is 1. The average molecular weight is 287 g/mol. The van der Waals surface area contributed by atoms with Crippen LogP contribution < -0.4 is 9.46 Å². The number of carboxylic acid groups (broad SMARTS) is 1. The highest BCUT2D eigenvalue weighted by molar-refractivity contribution is 7.89. The second-order valence-electron chi connectivity index (χ2n) is 3.90. The van der Waals surface area contributed by atoms with E-state index in [9.17, 15) is 13.2 Å². The number of sulfonamides is 1. The number of aliphatic carboxylic acids is 1. The smallest absolute Gasteiger partial charge is 0.303 e. The lowest BCUT2D eigenvalue weighted by Gasteiger charge is -2.10. The summed E-state index contributed by atoms with van der Waals surface area (Å²) < 4.78 is 31.4. The van der Waals surface area contributed by atoms with Crippen molar-refractivity contribution in [2.45, 2.75) is 24.2 Å². The minimum atomic E-state index is -3.63. The maximum atomic E-state index is 12.0. The van der Waals surface area contributed by atoms with E-state index in [0.29, 0.717) is 12.8 Å². The van der Waals surface area contributed by atoms with Gasteiger partial charge in [-0.2, -0.15) is 0 Å². The summed E-state index contributed by atoms with van der Waals surface area (Å²) in [5.41, 5.74) is 0. The molecule has 0 atom stereocenters. The highest BCUT2D eigenvalue weighted by Gasteiger charge is 2.17. The number of nitrogens with one attached hydrogen (secondary N) is 1. The lowest BCUT2D eigenvalue weighted by molar-refractivity contribution is -0.137. The minimum absolute atomic E-state index is 0.0381. The molecule has 0 aliphatic carbocycles. The molecule has 1 aromatic rings. The van der Waals surface area contributed by atoms with Crippen molar-refractivity contribution in [2.24, 2.45) is 0 Å². The molecule has 0 radical (unpaired) electrons. The van der Waals surface area contributed by atoms with Crippen LogP contribution >= 0.6 is 0 Å². The van der Waals surface area contributed by atoms with Gasteiger partial charge in [0.05, 0.1) is 7.11 Å². The minimum Gasteiger partial charge on any atom is -0.495 e. The summed E-state index contributed by atoms with van der Waals surface area (Å²) in [6.45, 7) is 0.202. The van der Waals surface area contributed by atoms with Crippen molar-refractivity contribution in [3.8, 4) is 5.75 Å². The van der Waals surface area contributed by atoms with Crippen LogP contribution in [0.4, 0.5) is 0 Å². The van der Waals surface area contributed by atoms with E-state index in [2.05, 4.69) is 4.72 Å². The molecule has 0 bridgehead atoms. The molecule has 0 aliphatic heterocycles. The van der Waals surface area contributed by atoms with E-state index >= 15 is 0 Å². The zero-order valence-electron chi connectivity index (χ0n) is 10.6. The predicted octanol–water partition coefficient (Wildman–Crippen LogP) is 1.23. The van der Waals surface area contributed by atoms with Crippen LogP contribution in [0.2, 0.25) is 0 Å². The first-order chi connectivity index (χ1) is 8.97. The van der Waals surface area contributed by atoms with E-state index in [1.54, 1.807) is 18.2 Å². The largest absolute Gasteiger partial charge is 0.495 e. The van der Waals surface area contributed by atoms with Gasteiger partial charge in [-0.15, -0.1) is 0 Å². The molecular formula is C12H17NO5S. The number of hydrogen-bond acceptors (Lipinski definition) is 4. The molecule has 19 heavy (non-hydrogen) atoms. The third kappa shape index (κ3) is 4.88. The fourth-order valence-electron chi connectivity index (χ4n) is 1.53. The van der Waals surface area contributed by atoms with Crippen LogP contribution in [0.25, 0.3) is 0 Å². The molecule has 0 heterocycles. The molecule has 0 fully saturated rings. The Bertz CT molecular complexity index is 527. The predicted molar refractivity (Wildman–Crippen MR) is 69.7 cm³/mol. The average Bonchev–Trinajstić information content (AvgIpc) is 2.37. The molecule has 1 rings (SSSR count). The monoisotopic (exact) mass is 287 g/mol. The highest BCUT2D eigenvalue weighted by Crippen LogP contribution is 2.22. The Labute approximate surface area is 112 Å². The molecule has 0 amide bonds. The SMILES string of the molecule is COc1ccccc1S(=O)(=O)NCCCCC(=O)O. The maximum absolute atomic E-state index is 12.0. The van der Waals surface area contributed by atoms with Gasteiger partial charge >= 0.3 is 5.97 Å². The Morgan fingerprint density at radius 2 is 2.00 bits per heavy atom. The Morgan fingerprint density at radius 1 is 1.32 bits per heavy atom. The molecule has 0 aliphatic rings. The molecular weight excluding hydrogens is 270 g/mol. The van der Waals surface area contributed by atoms with E-state index < -0.39 is 16.0 Å². The van der Waals surface area contributed by atoms with Crippen LogP contribution in [0.5, 0.6) is 5.75 Å². The van der Waals surface area contributed by atoms with Gasteiger partial charge in [0.25, 0.3) is 0 Å². The number of carboxylic acids is 1. The number of para-hydroxylation sites is 1. The zero-order valence-corrected chi connectivity index (χ0v) is 11.4. The van der Waals surface area contributed by atoms with Crippen LogP contribution in [-0.4, -0.2) is 33.1 Å². The van der Waals surface area contributed by atoms with Crippen molar-refractivity contribution in [3.63, 3.8) is 0 Å². The van der Waals surface area contributed by atoms with Gasteiger partial charge in [0, 0.05) is 13.0 Å². The van der Waals surface area contributed by atoms with Crippen molar-refractivity contribution in [2.75, 3.05) is 13.7 Å². The summed E-state index contributed by atoms with van der Waals surface area (Å²) in [5, 5.41) is 8.46. The number of hydrogen-bond donors (Lipinski definition) is 2. The molecule has 0 saturated carbocycles. The second kappa shape index (κ2) is 7.10. The van der Waals surface area contributed by atoms with Crippen molar-refractivity contribution >= 4 is 16.0 Å². The first-order valence-corrected chi connectivity index (χ1v) is 7.30. The highest BCUT2D eigenvalue weighted by atomic mass is 32.2. The van der Waals surface area contributed by atoms with Gasteiger partial charge in [-0.05, 0) is 25.0 Å². The first kappa shape index (κ1) is 15.5. The van der Waals surface area contributed by atoms with Crippen molar-refractivity contribution in [1.82, 2.24) is 4.72 Å². The summed E-state index contributed by atoms with van der Waals surface area (Å²) in [6, 6.07) is 6.32. The fourth-order valence-corrected chi connectivity index (χ4v) is 2.77. The van der Waals surface area contributed by atoms with Crippen LogP contribution in [0.3, 0.4) is 0 Å². The van der Waals surface area contributed by atoms with E-state index in [1.807, 2.05) is 0 Å². The van der Waals surface area contributed by atoms with Crippen LogP contribution in [0.1, 0.15) is 19.3 Å². The standard InChI is InChI=1S/C12H17NO5S/c1-18-10-6-2-3-7-11(10)19(16,17)13-9-5-4-8-12(14)15/h2-3,6-7,13H,4-5,8-9H2,1H3,(H,14,15). The third-order valence-corrected chi connectivity index (χ3v) is 3.97. The zero-order chi connectivity index (χ0) is 14.3. The Morgan fingerprint density at radius 3 is 2.63 bits per heavy atom. The number of ether oxygens (including phenoxy) is 1. The summed E-state index contributed by atoms with van der Waals surface area (Å²) in [4.78, 5) is 10.4. The third-order valence-electron chi connectivity index (χ3n) is 2.47. The number of methoxy groups -OCH3 is 1. The van der Waals surface area contributed by atoms with Gasteiger partial charge in [0.15, 0.2) is 0 Å². The molecule has 7 heteroatoms. The van der Waals surface area contributed by atoms with Crippen molar-refractivity contribution in [1.29, 1.82) is 0 Å². The lowest BCUT2D eigenvalue weighted by Crippen LogP contribution is -2.25. The Kier molecular flexibility index (Phi) is 5.78. The molecule has 0 saturated heterocycles. The van der Waals surface area contributed by atoms with Gasteiger partial charge in [-0.3, -0.25) is 4.79 Å². The molecule has 1 aromatic carbocycles. The van der Waals surface area contributed by atoms with Gasteiger partial charge in [-0.25, -0.2) is 13.1 Å². The van der Waals surface area contributed by atoms with Crippen LogP contribution in [0, 0.1) is 0 Å². The topological polar surface area (TPSA) is 92.7 Å². The molecule has 106 valence electrons. The maximum Gasteiger partial charge on any atom is 0.303 e. The quantitative estimate of drug-likeness (QED) is 0.701. The molecule has 6 nitrogen and oxygen atoms in total. The van der Waals surface area contributed by atoms with E-state index in [0.717, 1.165) is 0 Å². The van der Waals surface area contributed by atoms with Crippen molar-refractivity contribution < 1.29 is 23.1 Å².